The predicted molar refractivity (Wildman–Crippen MR) is 72.1 cm³/mol. The van der Waals surface area contributed by atoms with Gasteiger partial charge in [0.25, 0.3) is 0 Å². The summed E-state index contributed by atoms with van der Waals surface area (Å²) in [6.45, 7) is 4.14. The van der Waals surface area contributed by atoms with Crippen LogP contribution >= 0.6 is 11.8 Å². The summed E-state index contributed by atoms with van der Waals surface area (Å²) in [5.41, 5.74) is 2.11. The van der Waals surface area contributed by atoms with E-state index in [9.17, 15) is 4.79 Å². The molecule has 0 N–H and O–H groups in total. The number of rotatable bonds is 2. The van der Waals surface area contributed by atoms with Gasteiger partial charge in [-0.3, -0.25) is 4.79 Å². The van der Waals surface area contributed by atoms with Crippen LogP contribution in [0.5, 0.6) is 0 Å². The van der Waals surface area contributed by atoms with Crippen molar-refractivity contribution < 1.29 is 9.32 Å². The van der Waals surface area contributed by atoms with Crippen molar-refractivity contribution >= 4 is 23.4 Å². The summed E-state index contributed by atoms with van der Waals surface area (Å²) >= 11 is 1.57. The number of aryl methyl sites for hydroxylation is 2. The number of nitrogens with zero attached hydrogens (tertiary/aromatic N) is 3. The van der Waals surface area contributed by atoms with E-state index in [1.54, 1.807) is 23.6 Å². The molecule has 2 heterocycles. The van der Waals surface area contributed by atoms with Gasteiger partial charge < -0.3 is 9.42 Å². The molecule has 0 unspecified atom stereocenters. The molecule has 0 atom stereocenters. The molecule has 0 saturated heterocycles. The van der Waals surface area contributed by atoms with Crippen LogP contribution in [-0.4, -0.2) is 21.8 Å². The number of hydrogen-bond donors (Lipinski definition) is 0. The van der Waals surface area contributed by atoms with Gasteiger partial charge in [-0.05, 0) is 31.5 Å². The molecule has 0 fully saturated rings. The van der Waals surface area contributed by atoms with Crippen LogP contribution in [-0.2, 0) is 11.3 Å². The molecule has 1 aromatic heterocycles. The molecule has 0 bridgehead atoms. The lowest BCUT2D eigenvalue weighted by Gasteiger charge is -2.27. The number of anilines is 1. The standard InChI is InChI=1S/C13H13N3O2S/c1-8-3-4-10-11(5-8)19-7-13(17)16(10)6-12-14-9(2)15-18-12/h3-5H,6-7H2,1-2H3. The monoisotopic (exact) mass is 275 g/mol. The van der Waals surface area contributed by atoms with Crippen LogP contribution in [0.1, 0.15) is 17.3 Å². The number of amides is 1. The first-order chi connectivity index (χ1) is 9.13. The number of thioether (sulfide) groups is 1. The fourth-order valence-electron chi connectivity index (χ4n) is 2.02. The van der Waals surface area contributed by atoms with E-state index < -0.39 is 0 Å². The van der Waals surface area contributed by atoms with Crippen LogP contribution in [0.3, 0.4) is 0 Å². The van der Waals surface area contributed by atoms with Crippen LogP contribution in [0, 0.1) is 13.8 Å². The molecule has 0 radical (unpaired) electrons. The third-order valence-electron chi connectivity index (χ3n) is 2.92. The third kappa shape index (κ3) is 2.35. The zero-order chi connectivity index (χ0) is 13.4. The minimum atomic E-state index is 0.0669. The highest BCUT2D eigenvalue weighted by atomic mass is 32.2. The van der Waals surface area contributed by atoms with E-state index in [4.69, 9.17) is 4.52 Å². The van der Waals surface area contributed by atoms with Gasteiger partial charge in [0, 0.05) is 4.90 Å². The summed E-state index contributed by atoms with van der Waals surface area (Å²) in [6, 6.07) is 6.07. The molecule has 1 aliphatic heterocycles. The number of carbonyl (C=O) groups is 1. The Bertz CT molecular complexity index is 639. The second-order valence-electron chi connectivity index (χ2n) is 4.48. The van der Waals surface area contributed by atoms with E-state index in [0.717, 1.165) is 10.6 Å². The molecule has 2 aromatic rings. The van der Waals surface area contributed by atoms with Crippen molar-refractivity contribution in [1.29, 1.82) is 0 Å². The highest BCUT2D eigenvalue weighted by Crippen LogP contribution is 2.36. The van der Waals surface area contributed by atoms with E-state index in [2.05, 4.69) is 16.2 Å². The summed E-state index contributed by atoms with van der Waals surface area (Å²) in [7, 11) is 0. The summed E-state index contributed by atoms with van der Waals surface area (Å²) in [6.07, 6.45) is 0. The minimum absolute atomic E-state index is 0.0669. The molecule has 3 rings (SSSR count). The number of hydrogen-bond acceptors (Lipinski definition) is 5. The van der Waals surface area contributed by atoms with Gasteiger partial charge in [0.1, 0.15) is 6.54 Å². The Balaban J connectivity index is 1.94. The van der Waals surface area contributed by atoms with Gasteiger partial charge in [-0.25, -0.2) is 0 Å². The Kier molecular flexibility index (Phi) is 3.02. The molecular formula is C13H13N3O2S. The van der Waals surface area contributed by atoms with Crippen molar-refractivity contribution in [2.24, 2.45) is 0 Å². The van der Waals surface area contributed by atoms with E-state index in [1.165, 1.54) is 5.56 Å². The van der Waals surface area contributed by atoms with Crippen molar-refractivity contribution in [3.05, 3.63) is 35.5 Å². The van der Waals surface area contributed by atoms with Crippen molar-refractivity contribution in [1.82, 2.24) is 10.1 Å². The third-order valence-corrected chi connectivity index (χ3v) is 3.95. The average Bonchev–Trinajstić information content (AvgIpc) is 2.78. The maximum absolute atomic E-state index is 12.1. The number of benzene rings is 1. The number of aromatic nitrogens is 2. The fraction of sp³-hybridized carbons (Fsp3) is 0.308. The van der Waals surface area contributed by atoms with Crippen LogP contribution < -0.4 is 4.90 Å². The van der Waals surface area contributed by atoms with Crippen molar-refractivity contribution in [2.45, 2.75) is 25.3 Å². The zero-order valence-electron chi connectivity index (χ0n) is 10.7. The molecule has 1 aromatic carbocycles. The predicted octanol–water partition coefficient (Wildman–Crippen LogP) is 2.33. The maximum Gasteiger partial charge on any atom is 0.246 e. The Morgan fingerprint density at radius 1 is 1.42 bits per heavy atom. The van der Waals surface area contributed by atoms with Crippen molar-refractivity contribution in [2.75, 3.05) is 10.7 Å². The van der Waals surface area contributed by atoms with Crippen molar-refractivity contribution in [3.8, 4) is 0 Å². The average molecular weight is 275 g/mol. The highest BCUT2D eigenvalue weighted by Gasteiger charge is 2.26. The molecule has 6 heteroatoms. The lowest BCUT2D eigenvalue weighted by Crippen LogP contribution is -2.34. The molecule has 98 valence electrons. The summed E-state index contributed by atoms with van der Waals surface area (Å²) in [5, 5.41) is 3.75. The van der Waals surface area contributed by atoms with Crippen LogP contribution in [0.15, 0.2) is 27.6 Å². The van der Waals surface area contributed by atoms with Gasteiger partial charge in [0.05, 0.1) is 11.4 Å². The van der Waals surface area contributed by atoms with E-state index in [-0.39, 0.29) is 5.91 Å². The van der Waals surface area contributed by atoms with Crippen LogP contribution in [0.4, 0.5) is 5.69 Å². The molecule has 0 saturated carbocycles. The normalized spacial score (nSPS) is 14.6. The first-order valence-electron chi connectivity index (χ1n) is 5.96. The topological polar surface area (TPSA) is 59.2 Å². The minimum Gasteiger partial charge on any atom is -0.337 e. The van der Waals surface area contributed by atoms with Gasteiger partial charge in [-0.1, -0.05) is 11.2 Å². The Hall–Kier alpha value is -1.82. The van der Waals surface area contributed by atoms with Gasteiger partial charge in [-0.2, -0.15) is 4.98 Å². The first-order valence-corrected chi connectivity index (χ1v) is 6.95. The van der Waals surface area contributed by atoms with Gasteiger partial charge >= 0.3 is 0 Å². The number of carbonyl (C=O) groups excluding carboxylic acids is 1. The molecular weight excluding hydrogens is 262 g/mol. The van der Waals surface area contributed by atoms with Gasteiger partial charge in [0.2, 0.25) is 11.8 Å². The van der Waals surface area contributed by atoms with Gasteiger partial charge in [0.15, 0.2) is 5.82 Å². The molecule has 0 spiro atoms. The second kappa shape index (κ2) is 4.70. The van der Waals surface area contributed by atoms with Gasteiger partial charge in [-0.15, -0.1) is 11.8 Å². The molecule has 19 heavy (non-hydrogen) atoms. The highest BCUT2D eigenvalue weighted by molar-refractivity contribution is 8.00. The Labute approximate surface area is 115 Å². The SMILES string of the molecule is Cc1ccc2c(c1)SCC(=O)N2Cc1nc(C)no1. The smallest absolute Gasteiger partial charge is 0.246 e. The van der Waals surface area contributed by atoms with Crippen molar-refractivity contribution in [3.63, 3.8) is 0 Å². The summed E-state index contributed by atoms with van der Waals surface area (Å²) in [4.78, 5) is 19.0. The fourth-order valence-corrected chi connectivity index (χ4v) is 3.05. The number of fused-ring (bicyclic) bond motifs is 1. The maximum atomic E-state index is 12.1. The lowest BCUT2D eigenvalue weighted by molar-refractivity contribution is -0.116. The summed E-state index contributed by atoms with van der Waals surface area (Å²) < 4.78 is 5.09. The van der Waals surface area contributed by atoms with E-state index in [1.807, 2.05) is 19.1 Å². The first kappa shape index (κ1) is 12.2. The quantitative estimate of drug-likeness (QED) is 0.841. The summed E-state index contributed by atoms with van der Waals surface area (Å²) in [5.74, 6) is 1.56. The van der Waals surface area contributed by atoms with Crippen LogP contribution in [0.25, 0.3) is 0 Å². The van der Waals surface area contributed by atoms with E-state index >= 15 is 0 Å². The van der Waals surface area contributed by atoms with E-state index in [0.29, 0.717) is 24.0 Å². The zero-order valence-corrected chi connectivity index (χ0v) is 11.5. The molecule has 1 amide bonds. The Morgan fingerprint density at radius 3 is 3.00 bits per heavy atom. The largest absolute Gasteiger partial charge is 0.337 e. The molecule has 0 aliphatic carbocycles. The van der Waals surface area contributed by atoms with Crippen LogP contribution in [0.2, 0.25) is 0 Å². The lowest BCUT2D eigenvalue weighted by atomic mass is 10.2. The molecule has 1 aliphatic rings. The Morgan fingerprint density at radius 2 is 2.26 bits per heavy atom. The molecule has 5 nitrogen and oxygen atoms in total. The second-order valence-corrected chi connectivity index (χ2v) is 5.49.